The molecule has 2 nitrogen and oxygen atoms in total. The Morgan fingerprint density at radius 2 is 1.40 bits per heavy atom. The maximum Gasteiger partial charge on any atom is 0.762 e. The molecule has 1 heterocycles. The Morgan fingerprint density at radius 3 is 1.80 bits per heavy atom. The van der Waals surface area contributed by atoms with E-state index in [9.17, 15) is 12.9 Å². The SMILES string of the molecule is Cc1ccc(C(C)ON2C(C)(C)CCCC2(C)C)cc1.FB(F)F.[F-]. The molecule has 1 aromatic carbocycles. The Hall–Kier alpha value is -1.08. The van der Waals surface area contributed by atoms with E-state index in [1.54, 1.807) is 0 Å². The summed E-state index contributed by atoms with van der Waals surface area (Å²) >= 11 is 0. The van der Waals surface area contributed by atoms with Crippen molar-refractivity contribution in [3.63, 3.8) is 0 Å². The van der Waals surface area contributed by atoms with Crippen LogP contribution in [0.2, 0.25) is 0 Å². The van der Waals surface area contributed by atoms with Gasteiger partial charge in [-0.1, -0.05) is 29.8 Å². The van der Waals surface area contributed by atoms with E-state index in [1.165, 1.54) is 30.4 Å². The number of benzene rings is 1. The molecule has 1 unspecified atom stereocenters. The van der Waals surface area contributed by atoms with Gasteiger partial charge in [0.25, 0.3) is 0 Å². The summed E-state index contributed by atoms with van der Waals surface area (Å²) in [4.78, 5) is 6.38. The highest BCUT2D eigenvalue weighted by Gasteiger charge is 2.43. The van der Waals surface area contributed by atoms with Gasteiger partial charge in [-0.15, -0.1) is 0 Å². The number of hydrogen-bond donors (Lipinski definition) is 0. The number of hydroxylamine groups is 2. The summed E-state index contributed by atoms with van der Waals surface area (Å²) in [6.45, 7) is 13.4. The molecule has 0 bridgehead atoms. The molecule has 0 N–H and O–H groups in total. The van der Waals surface area contributed by atoms with Gasteiger partial charge in [0.15, 0.2) is 0 Å². The molecular weight excluding hydrogens is 333 g/mol. The Bertz CT molecular complexity index is 490. The quantitative estimate of drug-likeness (QED) is 0.606. The summed E-state index contributed by atoms with van der Waals surface area (Å²) < 4.78 is 29.0. The molecule has 0 aliphatic carbocycles. The lowest BCUT2D eigenvalue weighted by Crippen LogP contribution is -3.00. The molecule has 1 saturated heterocycles. The summed E-state index contributed by atoms with van der Waals surface area (Å²) in [7, 11) is -3.67. The van der Waals surface area contributed by atoms with Crippen LogP contribution in [0.5, 0.6) is 0 Å². The van der Waals surface area contributed by atoms with Gasteiger partial charge in [-0.25, -0.2) is 0 Å². The first-order valence-electron chi connectivity index (χ1n) is 8.41. The summed E-state index contributed by atoms with van der Waals surface area (Å²) in [6.07, 6.45) is 3.75. The molecule has 1 aliphatic rings. The van der Waals surface area contributed by atoms with Crippen molar-refractivity contribution < 1.29 is 22.5 Å². The molecule has 1 aliphatic heterocycles. The van der Waals surface area contributed by atoms with Gasteiger partial charge in [-0.3, -0.25) is 17.8 Å². The lowest BCUT2D eigenvalue weighted by Gasteiger charge is -2.52. The third-order valence-corrected chi connectivity index (χ3v) is 4.49. The van der Waals surface area contributed by atoms with Crippen molar-refractivity contribution in [2.75, 3.05) is 0 Å². The van der Waals surface area contributed by atoms with E-state index in [0.717, 1.165) is 0 Å². The van der Waals surface area contributed by atoms with Crippen LogP contribution in [0.1, 0.15) is 71.1 Å². The monoisotopic (exact) mass is 362 g/mol. The zero-order valence-electron chi connectivity index (χ0n) is 16.0. The van der Waals surface area contributed by atoms with Crippen molar-refractivity contribution in [1.82, 2.24) is 5.06 Å². The molecule has 1 atom stereocenters. The van der Waals surface area contributed by atoms with Crippen molar-refractivity contribution >= 4 is 7.54 Å². The van der Waals surface area contributed by atoms with Gasteiger partial charge < -0.3 is 4.70 Å². The van der Waals surface area contributed by atoms with E-state index in [2.05, 4.69) is 70.9 Å². The van der Waals surface area contributed by atoms with E-state index in [1.807, 2.05) is 0 Å². The number of hydrogen-bond acceptors (Lipinski definition) is 2. The molecule has 2 rings (SSSR count). The number of nitrogens with zero attached hydrogens (tertiary/aromatic N) is 1. The standard InChI is InChI=1S/C18H29NO.BF3.FH/c1-14-8-10-16(11-9-14)15(2)20-19-17(3,4)12-7-13-18(19,5)6;2-1(3)4;/h8-11,15H,7,12-13H2,1-6H3;;1H/p-1. The van der Waals surface area contributed by atoms with Crippen molar-refractivity contribution in [1.29, 1.82) is 0 Å². The fourth-order valence-electron chi connectivity index (χ4n) is 3.32. The van der Waals surface area contributed by atoms with Crippen molar-refractivity contribution in [2.45, 2.75) is 78.0 Å². The van der Waals surface area contributed by atoms with Crippen LogP contribution in [-0.2, 0) is 4.84 Å². The minimum absolute atomic E-state index is 0. The molecule has 0 aromatic heterocycles. The average Bonchev–Trinajstić information content (AvgIpc) is 2.42. The molecular formula is C18H29BF4NO-. The minimum atomic E-state index is -3.67. The van der Waals surface area contributed by atoms with E-state index >= 15 is 0 Å². The Balaban J connectivity index is 0.00000104. The van der Waals surface area contributed by atoms with Crippen molar-refractivity contribution in [2.24, 2.45) is 0 Å². The highest BCUT2D eigenvalue weighted by Crippen LogP contribution is 2.40. The molecule has 0 saturated carbocycles. The average molecular weight is 362 g/mol. The fourth-order valence-corrected chi connectivity index (χ4v) is 3.32. The summed E-state index contributed by atoms with van der Waals surface area (Å²) in [6, 6.07) is 8.65. The maximum atomic E-state index is 9.67. The molecule has 7 heteroatoms. The van der Waals surface area contributed by atoms with Gasteiger partial charge in [0, 0.05) is 11.1 Å². The van der Waals surface area contributed by atoms with Gasteiger partial charge in [0.05, 0.1) is 0 Å². The zero-order chi connectivity index (χ0) is 18.5. The van der Waals surface area contributed by atoms with E-state index in [0.29, 0.717) is 0 Å². The van der Waals surface area contributed by atoms with Crippen molar-refractivity contribution in [3.05, 3.63) is 35.4 Å². The molecule has 1 fully saturated rings. The van der Waals surface area contributed by atoms with Crippen LogP contribution >= 0.6 is 0 Å². The highest BCUT2D eigenvalue weighted by molar-refractivity contribution is 6.33. The Labute approximate surface area is 149 Å². The predicted molar refractivity (Wildman–Crippen MR) is 93.6 cm³/mol. The molecule has 0 amide bonds. The Morgan fingerprint density at radius 1 is 1.00 bits per heavy atom. The van der Waals surface area contributed by atoms with Crippen LogP contribution in [0.3, 0.4) is 0 Å². The topological polar surface area (TPSA) is 12.5 Å². The second-order valence-electron chi connectivity index (χ2n) is 7.68. The van der Waals surface area contributed by atoms with Crippen LogP contribution in [0.15, 0.2) is 24.3 Å². The van der Waals surface area contributed by atoms with Crippen LogP contribution in [0, 0.1) is 6.92 Å². The molecule has 0 radical (unpaired) electrons. The first-order chi connectivity index (χ1) is 11.0. The highest BCUT2D eigenvalue weighted by atomic mass is 19.4. The minimum Gasteiger partial charge on any atom is -1.00 e. The third-order valence-electron chi connectivity index (χ3n) is 4.49. The molecule has 0 spiro atoms. The van der Waals surface area contributed by atoms with Gasteiger partial charge >= 0.3 is 7.54 Å². The number of halogens is 4. The first-order valence-corrected chi connectivity index (χ1v) is 8.41. The lowest BCUT2D eigenvalue weighted by atomic mass is 9.82. The Kier molecular flexibility index (Phi) is 9.16. The van der Waals surface area contributed by atoms with E-state index in [4.69, 9.17) is 4.84 Å². The molecule has 25 heavy (non-hydrogen) atoms. The number of piperidine rings is 1. The van der Waals surface area contributed by atoms with Crippen LogP contribution in [0.25, 0.3) is 0 Å². The van der Waals surface area contributed by atoms with Crippen molar-refractivity contribution in [3.8, 4) is 0 Å². The normalized spacial score (nSPS) is 19.9. The summed E-state index contributed by atoms with van der Waals surface area (Å²) in [5.74, 6) is 0. The lowest BCUT2D eigenvalue weighted by molar-refractivity contribution is -0.304. The second-order valence-corrected chi connectivity index (χ2v) is 7.68. The van der Waals surface area contributed by atoms with Crippen LogP contribution < -0.4 is 4.70 Å². The largest absolute Gasteiger partial charge is 1.00 e. The smallest absolute Gasteiger partial charge is 0.762 e. The third kappa shape index (κ3) is 7.36. The molecule has 1 aromatic rings. The van der Waals surface area contributed by atoms with Gasteiger partial charge in [0.2, 0.25) is 0 Å². The van der Waals surface area contributed by atoms with Crippen LogP contribution in [0.4, 0.5) is 12.9 Å². The number of aryl methyl sites for hydroxylation is 1. The fraction of sp³-hybridized carbons (Fsp3) is 0.667. The number of rotatable bonds is 3. The maximum absolute atomic E-state index is 9.67. The van der Waals surface area contributed by atoms with Gasteiger partial charge in [-0.2, -0.15) is 5.06 Å². The van der Waals surface area contributed by atoms with Gasteiger partial charge in [0.1, 0.15) is 6.10 Å². The van der Waals surface area contributed by atoms with Gasteiger partial charge in [-0.05, 0) is 66.4 Å². The first kappa shape index (κ1) is 23.9. The second kappa shape index (κ2) is 9.58. The zero-order valence-corrected chi connectivity index (χ0v) is 16.0. The molecule has 144 valence electrons. The predicted octanol–water partition coefficient (Wildman–Crippen LogP) is 2.91. The van der Waals surface area contributed by atoms with Crippen LogP contribution in [-0.4, -0.2) is 23.7 Å². The summed E-state index contributed by atoms with van der Waals surface area (Å²) in [5, 5.41) is 2.24. The van der Waals surface area contributed by atoms with E-state index in [-0.39, 0.29) is 21.9 Å². The van der Waals surface area contributed by atoms with E-state index < -0.39 is 7.54 Å². The summed E-state index contributed by atoms with van der Waals surface area (Å²) in [5.41, 5.74) is 2.73.